The highest BCUT2D eigenvalue weighted by Gasteiger charge is 2.24. The predicted octanol–water partition coefficient (Wildman–Crippen LogP) is 2.96. The van der Waals surface area contributed by atoms with Crippen molar-refractivity contribution in [2.24, 2.45) is 5.92 Å². The maximum Gasteiger partial charge on any atom is 0.271 e. The molecule has 0 radical (unpaired) electrons. The molecule has 1 aromatic carbocycles. The Morgan fingerprint density at radius 1 is 1.22 bits per heavy atom. The molecule has 0 aliphatic rings. The predicted molar refractivity (Wildman–Crippen MR) is 92.7 cm³/mol. The molecule has 0 unspecified atom stereocenters. The molecule has 0 bridgehead atoms. The molecule has 2 N–H and O–H groups in total. The Bertz CT molecular complexity index is 698. The normalized spacial score (nSPS) is 12.0. The summed E-state index contributed by atoms with van der Waals surface area (Å²) in [5, 5.41) is 8.34. The second-order valence-electron chi connectivity index (χ2n) is 5.35. The molecule has 7 heteroatoms. The van der Waals surface area contributed by atoms with E-state index < -0.39 is 6.04 Å². The lowest BCUT2D eigenvalue weighted by molar-refractivity contribution is -0.123. The summed E-state index contributed by atoms with van der Waals surface area (Å²) in [4.78, 5) is 28.5. The van der Waals surface area contributed by atoms with Gasteiger partial charge in [0.25, 0.3) is 5.91 Å². The van der Waals surface area contributed by atoms with Gasteiger partial charge in [-0.15, -0.1) is 11.3 Å². The number of carbonyl (C=O) groups is 2. The lowest BCUT2D eigenvalue weighted by atomic mass is 10.0. The molecule has 1 heterocycles. The van der Waals surface area contributed by atoms with Crippen LogP contribution in [0.4, 0.5) is 0 Å². The summed E-state index contributed by atoms with van der Waals surface area (Å²) in [5.74, 6) is -0.599. The Labute approximate surface area is 144 Å². The Kier molecular flexibility index (Phi) is 5.74. The van der Waals surface area contributed by atoms with Crippen molar-refractivity contribution < 1.29 is 9.59 Å². The molecule has 0 aliphatic heterocycles. The van der Waals surface area contributed by atoms with Crippen molar-refractivity contribution in [3.8, 4) is 10.6 Å². The lowest BCUT2D eigenvalue weighted by Crippen LogP contribution is -2.48. The molecule has 23 heavy (non-hydrogen) atoms. The van der Waals surface area contributed by atoms with Gasteiger partial charge in [-0.2, -0.15) is 0 Å². The number of benzene rings is 1. The number of hydrogen-bond acceptors (Lipinski definition) is 4. The highest BCUT2D eigenvalue weighted by Crippen LogP contribution is 2.25. The minimum Gasteiger partial charge on any atom is -0.357 e. The fourth-order valence-electron chi connectivity index (χ4n) is 2.01. The van der Waals surface area contributed by atoms with Crippen molar-refractivity contribution in [1.29, 1.82) is 0 Å². The number of amides is 2. The molecule has 122 valence electrons. The molecular weight excluding hydrogens is 334 g/mol. The number of thiazole rings is 1. The number of nitrogens with zero attached hydrogens (tertiary/aromatic N) is 1. The molecule has 2 rings (SSSR count). The van der Waals surface area contributed by atoms with Crippen LogP contribution in [0.15, 0.2) is 29.6 Å². The zero-order valence-electron chi connectivity index (χ0n) is 13.1. The van der Waals surface area contributed by atoms with Gasteiger partial charge in [0.1, 0.15) is 16.7 Å². The number of likely N-dealkylation sites (N-methyl/N-ethyl adjacent to an activating group) is 1. The van der Waals surface area contributed by atoms with Crippen molar-refractivity contribution in [2.45, 2.75) is 19.9 Å². The summed E-state index contributed by atoms with van der Waals surface area (Å²) < 4.78 is 0. The SMILES string of the molecule is CNC(=O)[C@@H](NC(=O)c1csc(-c2ccc(Cl)cc2)n1)C(C)C. The van der Waals surface area contributed by atoms with Crippen molar-refractivity contribution in [2.75, 3.05) is 7.05 Å². The van der Waals surface area contributed by atoms with E-state index in [1.165, 1.54) is 11.3 Å². The van der Waals surface area contributed by atoms with Crippen molar-refractivity contribution in [1.82, 2.24) is 15.6 Å². The molecular formula is C16H18ClN3O2S. The second kappa shape index (κ2) is 7.57. The van der Waals surface area contributed by atoms with E-state index in [-0.39, 0.29) is 17.7 Å². The highest BCUT2D eigenvalue weighted by molar-refractivity contribution is 7.13. The number of rotatable bonds is 5. The Hall–Kier alpha value is -1.92. The molecule has 0 fully saturated rings. The van der Waals surface area contributed by atoms with Gasteiger partial charge >= 0.3 is 0 Å². The second-order valence-corrected chi connectivity index (χ2v) is 6.65. The first-order valence-electron chi connectivity index (χ1n) is 7.16. The van der Waals surface area contributed by atoms with Gasteiger partial charge < -0.3 is 10.6 Å². The van der Waals surface area contributed by atoms with Crippen molar-refractivity contribution in [3.63, 3.8) is 0 Å². The summed E-state index contributed by atoms with van der Waals surface area (Å²) in [6.45, 7) is 3.75. The van der Waals surface area contributed by atoms with Crippen molar-refractivity contribution >= 4 is 34.8 Å². The van der Waals surface area contributed by atoms with Crippen LogP contribution in [0.25, 0.3) is 10.6 Å². The van der Waals surface area contributed by atoms with E-state index in [2.05, 4.69) is 15.6 Å². The fourth-order valence-corrected chi connectivity index (χ4v) is 2.94. The third-order valence-electron chi connectivity index (χ3n) is 3.31. The quantitative estimate of drug-likeness (QED) is 0.870. The summed E-state index contributed by atoms with van der Waals surface area (Å²) >= 11 is 7.24. The van der Waals surface area contributed by atoms with Crippen LogP contribution in [0.1, 0.15) is 24.3 Å². The number of carbonyl (C=O) groups excluding carboxylic acids is 2. The number of hydrogen-bond donors (Lipinski definition) is 2. The standard InChI is InChI=1S/C16H18ClN3O2S/c1-9(2)13(15(22)18-3)20-14(21)12-8-23-16(19-12)10-4-6-11(17)7-5-10/h4-9,13H,1-3H3,(H,18,22)(H,20,21)/t13-/m0/s1. The summed E-state index contributed by atoms with van der Waals surface area (Å²) in [7, 11) is 1.55. The van der Waals surface area contributed by atoms with Crippen LogP contribution in [-0.4, -0.2) is 29.9 Å². The van der Waals surface area contributed by atoms with Gasteiger partial charge in [-0.3, -0.25) is 9.59 Å². The molecule has 0 saturated carbocycles. The summed E-state index contributed by atoms with van der Waals surface area (Å²) in [6, 6.07) is 6.67. The molecule has 0 saturated heterocycles. The highest BCUT2D eigenvalue weighted by atomic mass is 35.5. The number of aromatic nitrogens is 1. The van der Waals surface area contributed by atoms with Gasteiger partial charge in [-0.1, -0.05) is 37.6 Å². The van der Waals surface area contributed by atoms with Gasteiger partial charge in [-0.05, 0) is 18.1 Å². The molecule has 1 aromatic heterocycles. The van der Waals surface area contributed by atoms with Crippen LogP contribution in [-0.2, 0) is 4.79 Å². The zero-order chi connectivity index (χ0) is 17.0. The minimum absolute atomic E-state index is 0.0201. The van der Waals surface area contributed by atoms with Crippen LogP contribution >= 0.6 is 22.9 Å². The maximum absolute atomic E-state index is 12.3. The summed E-state index contributed by atoms with van der Waals surface area (Å²) in [6.07, 6.45) is 0. The fraction of sp³-hybridized carbons (Fsp3) is 0.312. The molecule has 2 amide bonds. The summed E-state index contributed by atoms with van der Waals surface area (Å²) in [5.41, 5.74) is 1.19. The molecule has 2 aromatic rings. The third-order valence-corrected chi connectivity index (χ3v) is 4.45. The van der Waals surface area contributed by atoms with E-state index >= 15 is 0 Å². The van der Waals surface area contributed by atoms with E-state index in [4.69, 9.17) is 11.6 Å². The molecule has 0 aliphatic carbocycles. The van der Waals surface area contributed by atoms with E-state index in [0.29, 0.717) is 10.7 Å². The van der Waals surface area contributed by atoms with E-state index in [1.54, 1.807) is 24.6 Å². The lowest BCUT2D eigenvalue weighted by Gasteiger charge is -2.20. The minimum atomic E-state index is -0.590. The van der Waals surface area contributed by atoms with Gasteiger partial charge in [0.05, 0.1) is 0 Å². The van der Waals surface area contributed by atoms with E-state index in [1.807, 2.05) is 26.0 Å². The van der Waals surface area contributed by atoms with Gasteiger partial charge in [0.2, 0.25) is 5.91 Å². The average molecular weight is 352 g/mol. The van der Waals surface area contributed by atoms with Crippen LogP contribution in [0.5, 0.6) is 0 Å². The maximum atomic E-state index is 12.3. The third kappa shape index (κ3) is 4.30. The monoisotopic (exact) mass is 351 g/mol. The van der Waals surface area contributed by atoms with E-state index in [9.17, 15) is 9.59 Å². The number of nitrogens with one attached hydrogen (secondary N) is 2. The average Bonchev–Trinajstić information content (AvgIpc) is 3.02. The Balaban J connectivity index is 2.14. The molecule has 0 spiro atoms. The Morgan fingerprint density at radius 2 is 1.87 bits per heavy atom. The van der Waals surface area contributed by atoms with Crippen molar-refractivity contribution in [3.05, 3.63) is 40.4 Å². The van der Waals surface area contributed by atoms with Gasteiger partial charge in [0, 0.05) is 23.0 Å². The molecule has 1 atom stereocenters. The Morgan fingerprint density at radius 3 is 2.43 bits per heavy atom. The zero-order valence-corrected chi connectivity index (χ0v) is 14.7. The smallest absolute Gasteiger partial charge is 0.271 e. The van der Waals surface area contributed by atoms with Gasteiger partial charge in [-0.25, -0.2) is 4.98 Å². The molecule has 5 nitrogen and oxygen atoms in total. The largest absolute Gasteiger partial charge is 0.357 e. The first-order valence-corrected chi connectivity index (χ1v) is 8.42. The first-order chi connectivity index (χ1) is 10.9. The van der Waals surface area contributed by atoms with Crippen LogP contribution in [0.2, 0.25) is 5.02 Å². The van der Waals surface area contributed by atoms with Crippen LogP contribution < -0.4 is 10.6 Å². The first kappa shape index (κ1) is 17.4. The van der Waals surface area contributed by atoms with Crippen LogP contribution in [0, 0.1) is 5.92 Å². The number of halogens is 1. The topological polar surface area (TPSA) is 71.1 Å². The van der Waals surface area contributed by atoms with Crippen LogP contribution in [0.3, 0.4) is 0 Å². The van der Waals surface area contributed by atoms with E-state index in [0.717, 1.165) is 10.6 Å². The van der Waals surface area contributed by atoms with Gasteiger partial charge in [0.15, 0.2) is 0 Å².